The van der Waals surface area contributed by atoms with Crippen molar-refractivity contribution in [1.29, 1.82) is 0 Å². The summed E-state index contributed by atoms with van der Waals surface area (Å²) < 4.78 is 16.8. The van der Waals surface area contributed by atoms with Crippen LogP contribution in [-0.4, -0.2) is 37.2 Å². The van der Waals surface area contributed by atoms with Gasteiger partial charge in [-0.2, -0.15) is 0 Å². The Bertz CT molecular complexity index is 1380. The fourth-order valence-electron chi connectivity index (χ4n) is 7.75. The molecule has 0 aromatic carbocycles. The molecular formula is C63H106O6. The molecule has 0 saturated heterocycles. The maximum Gasteiger partial charge on any atom is 0.306 e. The van der Waals surface area contributed by atoms with Crippen molar-refractivity contribution in [3.63, 3.8) is 0 Å². The predicted molar refractivity (Wildman–Crippen MR) is 297 cm³/mol. The molecule has 0 rings (SSSR count). The minimum absolute atomic E-state index is 0.0997. The Morgan fingerprint density at radius 1 is 0.319 bits per heavy atom. The topological polar surface area (TPSA) is 78.9 Å². The van der Waals surface area contributed by atoms with Gasteiger partial charge in [0.15, 0.2) is 6.10 Å². The first-order valence-corrected chi connectivity index (χ1v) is 28.8. The van der Waals surface area contributed by atoms with Gasteiger partial charge in [-0.15, -0.1) is 0 Å². The van der Waals surface area contributed by atoms with E-state index in [9.17, 15) is 14.4 Å². The zero-order valence-electron chi connectivity index (χ0n) is 45.0. The Morgan fingerprint density at radius 3 is 1.01 bits per heavy atom. The summed E-state index contributed by atoms with van der Waals surface area (Å²) in [6.07, 6.45) is 75.3. The molecule has 0 aromatic heterocycles. The summed E-state index contributed by atoms with van der Waals surface area (Å²) in [7, 11) is 0. The third-order valence-corrected chi connectivity index (χ3v) is 12.1. The van der Waals surface area contributed by atoms with Gasteiger partial charge in [-0.1, -0.05) is 227 Å². The molecule has 1 atom stereocenters. The number of rotatable bonds is 51. The minimum Gasteiger partial charge on any atom is -0.462 e. The number of ether oxygens (including phenoxy) is 3. The molecule has 0 radical (unpaired) electrons. The second-order valence-corrected chi connectivity index (χ2v) is 18.8. The molecule has 0 aliphatic rings. The van der Waals surface area contributed by atoms with Crippen LogP contribution in [0.15, 0.2) is 97.2 Å². The van der Waals surface area contributed by atoms with Gasteiger partial charge >= 0.3 is 17.9 Å². The molecule has 0 aromatic rings. The number of hydrogen-bond acceptors (Lipinski definition) is 6. The highest BCUT2D eigenvalue weighted by molar-refractivity contribution is 5.71. The third kappa shape index (κ3) is 55.1. The quantitative estimate of drug-likeness (QED) is 0.0199. The molecule has 0 saturated carbocycles. The van der Waals surface area contributed by atoms with Crippen molar-refractivity contribution >= 4 is 17.9 Å². The van der Waals surface area contributed by atoms with Gasteiger partial charge in [-0.25, -0.2) is 0 Å². The summed E-state index contributed by atoms with van der Waals surface area (Å²) in [4.78, 5) is 38.2. The maximum atomic E-state index is 12.9. The lowest BCUT2D eigenvalue weighted by Crippen LogP contribution is -2.30. The highest BCUT2D eigenvalue weighted by atomic mass is 16.6. The Balaban J connectivity index is 4.48. The molecule has 0 heterocycles. The summed E-state index contributed by atoms with van der Waals surface area (Å²) in [5.41, 5.74) is 0. The monoisotopic (exact) mass is 959 g/mol. The average Bonchev–Trinajstić information content (AvgIpc) is 3.35. The van der Waals surface area contributed by atoms with E-state index in [0.29, 0.717) is 19.3 Å². The molecule has 0 amide bonds. The van der Waals surface area contributed by atoms with Crippen LogP contribution >= 0.6 is 0 Å². The SMILES string of the molecule is CC/C=C\C/C=C\C/C=C\C/C=C\CCCCCC(=O)OCC(COC(=O)CCCCCCC/C=C\C=C/CCCCCCCCC)OC(=O)CCCCCCCCC/C=C\C/C=C\CCCCC. The van der Waals surface area contributed by atoms with Gasteiger partial charge in [-0.3, -0.25) is 14.4 Å². The smallest absolute Gasteiger partial charge is 0.306 e. The molecule has 6 nitrogen and oxygen atoms in total. The first kappa shape index (κ1) is 65.3. The van der Waals surface area contributed by atoms with E-state index in [2.05, 4.69) is 118 Å². The molecule has 0 spiro atoms. The Morgan fingerprint density at radius 2 is 0.609 bits per heavy atom. The summed E-state index contributed by atoms with van der Waals surface area (Å²) >= 11 is 0. The van der Waals surface area contributed by atoms with E-state index in [1.807, 2.05) is 0 Å². The van der Waals surface area contributed by atoms with Crippen molar-refractivity contribution in [3.8, 4) is 0 Å². The van der Waals surface area contributed by atoms with E-state index in [1.165, 1.54) is 103 Å². The Kier molecular flexibility index (Phi) is 53.9. The van der Waals surface area contributed by atoms with E-state index < -0.39 is 6.10 Å². The predicted octanol–water partition coefficient (Wildman–Crippen LogP) is 19.3. The van der Waals surface area contributed by atoms with E-state index >= 15 is 0 Å². The van der Waals surface area contributed by atoms with Crippen molar-refractivity contribution < 1.29 is 28.6 Å². The summed E-state index contributed by atoms with van der Waals surface area (Å²) in [6.45, 7) is 6.46. The van der Waals surface area contributed by atoms with Gasteiger partial charge in [0.05, 0.1) is 0 Å². The molecule has 0 aliphatic heterocycles. The van der Waals surface area contributed by atoms with Crippen LogP contribution in [0.3, 0.4) is 0 Å². The highest BCUT2D eigenvalue weighted by Crippen LogP contribution is 2.14. The van der Waals surface area contributed by atoms with Crippen LogP contribution in [-0.2, 0) is 28.6 Å². The van der Waals surface area contributed by atoms with Gasteiger partial charge < -0.3 is 14.2 Å². The number of carbonyl (C=O) groups is 3. The Hall–Kier alpha value is -3.67. The number of carbonyl (C=O) groups excluding carboxylic acids is 3. The minimum atomic E-state index is -0.803. The summed E-state index contributed by atoms with van der Waals surface area (Å²) in [5, 5.41) is 0. The van der Waals surface area contributed by atoms with Crippen LogP contribution in [0.25, 0.3) is 0 Å². The molecule has 0 aliphatic carbocycles. The molecular weight excluding hydrogens is 853 g/mol. The second-order valence-electron chi connectivity index (χ2n) is 18.8. The van der Waals surface area contributed by atoms with Crippen molar-refractivity contribution in [3.05, 3.63) is 97.2 Å². The van der Waals surface area contributed by atoms with E-state index in [1.54, 1.807) is 0 Å². The van der Waals surface area contributed by atoms with Gasteiger partial charge in [-0.05, 0) is 116 Å². The largest absolute Gasteiger partial charge is 0.462 e. The molecule has 1 unspecified atom stereocenters. The molecule has 0 bridgehead atoms. The van der Waals surface area contributed by atoms with Crippen molar-refractivity contribution in [1.82, 2.24) is 0 Å². The Labute approximate surface area is 426 Å². The standard InChI is InChI=1S/C63H106O6/c1-4-7-10-13-16-19-22-25-28-31-33-35-38-41-44-47-50-53-56-62(65)68-59-60(58-67-61(64)55-52-49-46-43-40-37-34-30-27-24-21-18-15-12-9-6-3)69-63(66)57-54-51-48-45-42-39-36-32-29-26-23-20-17-14-11-8-5-2/h9,12,17-18,20-21,26-31,33,35,37,40,60H,4-8,10-11,13-16,19,22-25,32,34,36,38-39,41-59H2,1-3H3/b12-9-,20-17-,21-18-,29-26-,30-27-,31-28-,35-33-,40-37-. The van der Waals surface area contributed by atoms with Crippen molar-refractivity contribution in [2.75, 3.05) is 13.2 Å². The highest BCUT2D eigenvalue weighted by Gasteiger charge is 2.19. The fourth-order valence-corrected chi connectivity index (χ4v) is 7.75. The van der Waals surface area contributed by atoms with Gasteiger partial charge in [0.1, 0.15) is 13.2 Å². The molecule has 0 fully saturated rings. The van der Waals surface area contributed by atoms with Crippen molar-refractivity contribution in [2.45, 2.75) is 271 Å². The number of esters is 3. The lowest BCUT2D eigenvalue weighted by molar-refractivity contribution is -0.167. The van der Waals surface area contributed by atoms with Crippen LogP contribution in [0, 0.1) is 0 Å². The van der Waals surface area contributed by atoms with Gasteiger partial charge in [0.25, 0.3) is 0 Å². The van der Waals surface area contributed by atoms with E-state index in [4.69, 9.17) is 14.2 Å². The molecule has 394 valence electrons. The second kappa shape index (κ2) is 56.9. The number of allylic oxidation sites excluding steroid dienone is 16. The number of unbranched alkanes of at least 4 members (excludes halogenated alkanes) is 25. The van der Waals surface area contributed by atoms with E-state index in [-0.39, 0.29) is 31.1 Å². The normalized spacial score (nSPS) is 12.8. The van der Waals surface area contributed by atoms with Crippen LogP contribution in [0.5, 0.6) is 0 Å². The lowest BCUT2D eigenvalue weighted by atomic mass is 10.1. The maximum absolute atomic E-state index is 12.9. The van der Waals surface area contributed by atoms with Crippen LogP contribution in [0.1, 0.15) is 265 Å². The van der Waals surface area contributed by atoms with Crippen LogP contribution in [0.2, 0.25) is 0 Å². The average molecular weight is 960 g/mol. The third-order valence-electron chi connectivity index (χ3n) is 12.1. The van der Waals surface area contributed by atoms with Gasteiger partial charge in [0, 0.05) is 19.3 Å². The van der Waals surface area contributed by atoms with Crippen LogP contribution in [0.4, 0.5) is 0 Å². The fraction of sp³-hybridized carbons (Fsp3) is 0.698. The zero-order valence-corrected chi connectivity index (χ0v) is 45.0. The lowest BCUT2D eigenvalue weighted by Gasteiger charge is -2.18. The first-order chi connectivity index (χ1) is 34.0. The van der Waals surface area contributed by atoms with E-state index in [0.717, 1.165) is 122 Å². The first-order valence-electron chi connectivity index (χ1n) is 28.8. The molecule has 6 heteroatoms. The van der Waals surface area contributed by atoms with Crippen molar-refractivity contribution in [2.24, 2.45) is 0 Å². The summed E-state index contributed by atoms with van der Waals surface area (Å²) in [6, 6.07) is 0. The molecule has 0 N–H and O–H groups in total. The molecule has 69 heavy (non-hydrogen) atoms. The zero-order chi connectivity index (χ0) is 50.0. The summed E-state index contributed by atoms with van der Waals surface area (Å²) in [5.74, 6) is -0.950. The number of hydrogen-bond donors (Lipinski definition) is 0. The van der Waals surface area contributed by atoms with Gasteiger partial charge in [0.2, 0.25) is 0 Å². The van der Waals surface area contributed by atoms with Crippen LogP contribution < -0.4 is 0 Å².